The molecule has 15 heteroatoms. The fourth-order valence-electron chi connectivity index (χ4n) is 3.98. The van der Waals surface area contributed by atoms with E-state index in [1.165, 1.54) is 0 Å². The zero-order valence-corrected chi connectivity index (χ0v) is 26.6. The lowest BCUT2D eigenvalue weighted by Crippen LogP contribution is -2.27. The fraction of sp³-hybridized carbons (Fsp3) is 0.515. The van der Waals surface area contributed by atoms with Crippen molar-refractivity contribution in [3.05, 3.63) is 41.5 Å². The number of ether oxygens (including phenoxy) is 11. The summed E-state index contributed by atoms with van der Waals surface area (Å²) in [6.07, 6.45) is 5.31. The quantitative estimate of drug-likeness (QED) is 0.387. The Morgan fingerprint density at radius 3 is 1.25 bits per heavy atom. The number of hydrogen-bond acceptors (Lipinski definition) is 15. The predicted molar refractivity (Wildman–Crippen MR) is 163 cm³/mol. The molecule has 0 atom stereocenters. The van der Waals surface area contributed by atoms with Crippen molar-refractivity contribution in [2.75, 3.05) is 112 Å². The average Bonchev–Trinajstić information content (AvgIpc) is 3.07. The molecule has 4 bridgehead atoms. The van der Waals surface area contributed by atoms with Gasteiger partial charge in [-0.3, -0.25) is 0 Å². The van der Waals surface area contributed by atoms with E-state index in [4.69, 9.17) is 58.5 Å². The van der Waals surface area contributed by atoms with Gasteiger partial charge in [0.2, 0.25) is 0 Å². The van der Waals surface area contributed by atoms with E-state index in [9.17, 15) is 19.8 Å². The first kappa shape index (κ1) is 38.2. The Morgan fingerprint density at radius 1 is 0.542 bits per heavy atom. The van der Waals surface area contributed by atoms with Crippen LogP contribution in [0.25, 0.3) is 0 Å². The van der Waals surface area contributed by atoms with Crippen LogP contribution in [0.4, 0.5) is 0 Å². The third-order valence-corrected chi connectivity index (χ3v) is 6.15. The highest BCUT2D eigenvalue weighted by molar-refractivity contribution is 5.96. The smallest absolute Gasteiger partial charge is 0.148 e. The van der Waals surface area contributed by atoms with E-state index in [0.717, 1.165) is 12.1 Å². The van der Waals surface area contributed by atoms with E-state index in [2.05, 4.69) is 5.92 Å². The molecule has 0 saturated carbocycles. The van der Waals surface area contributed by atoms with Crippen LogP contribution in [0.5, 0.6) is 28.7 Å². The van der Waals surface area contributed by atoms with Crippen molar-refractivity contribution in [2.24, 2.45) is 0 Å². The Kier molecular flexibility index (Phi) is 18.4. The van der Waals surface area contributed by atoms with Crippen LogP contribution in [-0.2, 0) is 28.4 Å². The molecule has 1 aliphatic heterocycles. The number of fused-ring (bicyclic) bond motifs is 4. The lowest BCUT2D eigenvalue weighted by molar-refractivity contribution is -0.255. The molecule has 2 aromatic rings. The van der Waals surface area contributed by atoms with Crippen LogP contribution in [0.2, 0.25) is 0 Å². The molecule has 15 nitrogen and oxygen atoms in total. The van der Waals surface area contributed by atoms with Gasteiger partial charge in [0, 0.05) is 35.4 Å². The first-order valence-corrected chi connectivity index (χ1v) is 15.3. The maximum Gasteiger partial charge on any atom is 0.148 e. The van der Waals surface area contributed by atoms with Crippen LogP contribution in [0, 0.1) is 12.3 Å². The fourth-order valence-corrected chi connectivity index (χ4v) is 3.98. The van der Waals surface area contributed by atoms with Gasteiger partial charge in [0.15, 0.2) is 0 Å². The van der Waals surface area contributed by atoms with Crippen LogP contribution < -0.4 is 33.9 Å². The number of carbonyl (C=O) groups excluding carboxylic acids is 2. The Balaban J connectivity index is 1.52. The molecule has 3 rings (SSSR count). The van der Waals surface area contributed by atoms with Gasteiger partial charge in [0.25, 0.3) is 0 Å². The van der Waals surface area contributed by atoms with Crippen molar-refractivity contribution >= 4 is 11.9 Å². The molecular weight excluding hydrogens is 636 g/mol. The molecule has 2 aromatic carbocycles. The highest BCUT2D eigenvalue weighted by Gasteiger charge is 2.15. The minimum absolute atomic E-state index is 0.0335. The zero-order valence-electron chi connectivity index (χ0n) is 26.6. The molecule has 0 amide bonds. The normalized spacial score (nSPS) is 17.2. The maximum absolute atomic E-state index is 11.6. The third-order valence-electron chi connectivity index (χ3n) is 6.15. The van der Waals surface area contributed by atoms with Crippen molar-refractivity contribution in [3.8, 4) is 41.1 Å². The lowest BCUT2D eigenvalue weighted by atomic mass is 10.1. The number of rotatable bonds is 4. The SMILES string of the molecule is C#CCOc1cc2cc(c1)OCCOCCOCCOCCOc1cc(c(C(=O)[O-])cc1C(=O)[O-])OCCOCCOCCOCCO2. The number of aromatic carboxylic acids is 2. The summed E-state index contributed by atoms with van der Waals surface area (Å²) in [5.41, 5.74) is -0.936. The zero-order chi connectivity index (χ0) is 34.2. The number of carbonyl (C=O) groups is 2. The summed E-state index contributed by atoms with van der Waals surface area (Å²) in [4.78, 5) is 23.3. The summed E-state index contributed by atoms with van der Waals surface area (Å²) in [7, 11) is 0. The largest absolute Gasteiger partial charge is 0.545 e. The van der Waals surface area contributed by atoms with Crippen molar-refractivity contribution < 1.29 is 71.9 Å². The van der Waals surface area contributed by atoms with E-state index in [1.807, 2.05) is 0 Å². The summed E-state index contributed by atoms with van der Waals surface area (Å²) < 4.78 is 61.2. The molecule has 0 aliphatic carbocycles. The van der Waals surface area contributed by atoms with Gasteiger partial charge >= 0.3 is 0 Å². The molecule has 264 valence electrons. The van der Waals surface area contributed by atoms with Crippen molar-refractivity contribution in [1.82, 2.24) is 0 Å². The van der Waals surface area contributed by atoms with Crippen LogP contribution in [-0.4, -0.2) is 124 Å². The number of carboxylic acid groups (broad SMARTS) is 2. The second-order valence-corrected chi connectivity index (χ2v) is 9.62. The predicted octanol–water partition coefficient (Wildman–Crippen LogP) is -0.246. The second-order valence-electron chi connectivity index (χ2n) is 9.62. The molecule has 0 radical (unpaired) electrons. The van der Waals surface area contributed by atoms with E-state index in [-0.39, 0.29) is 84.2 Å². The second kappa shape index (κ2) is 23.1. The molecule has 0 spiro atoms. The Bertz CT molecular complexity index is 1210. The number of terminal acetylenes is 1. The molecule has 1 aliphatic rings. The van der Waals surface area contributed by atoms with Crippen molar-refractivity contribution in [1.29, 1.82) is 0 Å². The number of benzene rings is 2. The summed E-state index contributed by atoms with van der Waals surface area (Å²) in [6, 6.07) is 7.18. The molecule has 48 heavy (non-hydrogen) atoms. The van der Waals surface area contributed by atoms with Crippen molar-refractivity contribution in [2.45, 2.75) is 0 Å². The Labute approximate surface area is 278 Å². The molecule has 0 saturated heterocycles. The first-order valence-electron chi connectivity index (χ1n) is 15.3. The van der Waals surface area contributed by atoms with Crippen molar-refractivity contribution in [3.63, 3.8) is 0 Å². The van der Waals surface area contributed by atoms with Crippen LogP contribution in [0.3, 0.4) is 0 Å². The number of hydrogen-bond donors (Lipinski definition) is 0. The highest BCUT2D eigenvalue weighted by Crippen LogP contribution is 2.30. The minimum Gasteiger partial charge on any atom is -0.545 e. The van der Waals surface area contributed by atoms with Gasteiger partial charge < -0.3 is 71.9 Å². The van der Waals surface area contributed by atoms with Crippen LogP contribution in [0.1, 0.15) is 20.7 Å². The summed E-state index contributed by atoms with van der Waals surface area (Å²) >= 11 is 0. The van der Waals surface area contributed by atoms with Crippen LogP contribution >= 0.6 is 0 Å². The van der Waals surface area contributed by atoms with Gasteiger partial charge in [-0.15, -0.1) is 6.42 Å². The van der Waals surface area contributed by atoms with E-state index >= 15 is 0 Å². The minimum atomic E-state index is -1.62. The molecule has 0 unspecified atom stereocenters. The van der Waals surface area contributed by atoms with Gasteiger partial charge in [-0.05, 0) is 6.07 Å². The molecular formula is C33H40O15-2. The summed E-state index contributed by atoms with van der Waals surface area (Å²) in [5.74, 6) is 0.450. The summed E-state index contributed by atoms with van der Waals surface area (Å²) in [6.45, 7) is 3.81. The van der Waals surface area contributed by atoms with Gasteiger partial charge in [-0.25, -0.2) is 0 Å². The van der Waals surface area contributed by atoms with E-state index in [0.29, 0.717) is 56.9 Å². The lowest BCUT2D eigenvalue weighted by Gasteiger charge is -2.18. The Morgan fingerprint density at radius 2 is 0.896 bits per heavy atom. The number of carboxylic acids is 2. The van der Waals surface area contributed by atoms with E-state index < -0.39 is 23.1 Å². The van der Waals surface area contributed by atoms with Crippen LogP contribution in [0.15, 0.2) is 30.3 Å². The Hall–Kier alpha value is -4.30. The van der Waals surface area contributed by atoms with Gasteiger partial charge in [-0.2, -0.15) is 0 Å². The molecule has 1 heterocycles. The molecule has 0 fully saturated rings. The highest BCUT2D eigenvalue weighted by atomic mass is 16.6. The van der Waals surface area contributed by atoms with E-state index in [1.54, 1.807) is 18.2 Å². The monoisotopic (exact) mass is 676 g/mol. The van der Waals surface area contributed by atoms with Gasteiger partial charge in [0.1, 0.15) is 61.8 Å². The van der Waals surface area contributed by atoms with Gasteiger partial charge in [-0.1, -0.05) is 5.92 Å². The van der Waals surface area contributed by atoms with Gasteiger partial charge in [0.05, 0.1) is 91.2 Å². The third kappa shape index (κ3) is 15.1. The standard InChI is InChI=1S/C33H42O15/c1-2-3-44-25-20-26-22-27(21-25)46-17-13-41-9-5-39-7-11-43-15-19-48-31-24-30(28(32(34)35)23-29(31)33(36)37)47-18-14-42-10-6-38-4-8-40-12-16-45-26/h1,20-24H,3-19H2,(H,34,35)(H,36,37)/p-2. The first-order chi connectivity index (χ1) is 23.5. The topological polar surface area (TPSA) is 182 Å². The summed E-state index contributed by atoms with van der Waals surface area (Å²) in [5, 5.41) is 23.3. The molecule has 0 N–H and O–H groups in total. The molecule has 0 aromatic heterocycles. The maximum atomic E-state index is 11.6. The average molecular weight is 677 g/mol.